The number of carbonyl (C=O) groups excluding carboxylic acids is 1. The SMILES string of the molecule is N#Cc1ccc(CCC(=O)N2CCN(S(=O)(=O)c3ccc(Cl)cc3)CC2)cc1. The summed E-state index contributed by atoms with van der Waals surface area (Å²) in [6, 6.07) is 15.3. The van der Waals surface area contributed by atoms with Crippen molar-refractivity contribution in [1.82, 2.24) is 9.21 Å². The van der Waals surface area contributed by atoms with Crippen molar-refractivity contribution in [1.29, 1.82) is 5.26 Å². The number of rotatable bonds is 5. The minimum Gasteiger partial charge on any atom is -0.340 e. The van der Waals surface area contributed by atoms with E-state index in [0.29, 0.717) is 36.5 Å². The van der Waals surface area contributed by atoms with Gasteiger partial charge in [-0.25, -0.2) is 8.42 Å². The fraction of sp³-hybridized carbons (Fsp3) is 0.300. The number of nitriles is 1. The largest absolute Gasteiger partial charge is 0.340 e. The molecule has 6 nitrogen and oxygen atoms in total. The van der Waals surface area contributed by atoms with Gasteiger partial charge < -0.3 is 4.90 Å². The van der Waals surface area contributed by atoms with Crippen LogP contribution in [-0.2, 0) is 21.2 Å². The molecule has 3 rings (SSSR count). The number of carbonyl (C=O) groups is 1. The highest BCUT2D eigenvalue weighted by atomic mass is 35.5. The Morgan fingerprint density at radius 3 is 2.18 bits per heavy atom. The fourth-order valence-corrected chi connectivity index (χ4v) is 4.64. The maximum atomic E-state index is 12.7. The lowest BCUT2D eigenvalue weighted by Gasteiger charge is -2.34. The van der Waals surface area contributed by atoms with Gasteiger partial charge >= 0.3 is 0 Å². The first-order chi connectivity index (χ1) is 13.4. The minimum absolute atomic E-state index is 0.00732. The average molecular weight is 418 g/mol. The maximum Gasteiger partial charge on any atom is 0.243 e. The van der Waals surface area contributed by atoms with Crippen LogP contribution in [0, 0.1) is 11.3 Å². The second kappa shape index (κ2) is 8.74. The first kappa shape index (κ1) is 20.3. The van der Waals surface area contributed by atoms with E-state index in [0.717, 1.165) is 5.56 Å². The second-order valence-electron chi connectivity index (χ2n) is 6.55. The van der Waals surface area contributed by atoms with Gasteiger partial charge in [0.25, 0.3) is 0 Å². The topological polar surface area (TPSA) is 81.5 Å². The maximum absolute atomic E-state index is 12.7. The van der Waals surface area contributed by atoms with Crippen LogP contribution in [0.5, 0.6) is 0 Å². The van der Waals surface area contributed by atoms with E-state index in [1.807, 2.05) is 12.1 Å². The minimum atomic E-state index is -3.58. The summed E-state index contributed by atoms with van der Waals surface area (Å²) in [5, 5.41) is 9.30. The van der Waals surface area contributed by atoms with Crippen molar-refractivity contribution >= 4 is 27.5 Å². The van der Waals surface area contributed by atoms with E-state index in [1.54, 1.807) is 29.2 Å². The Labute approximate surface area is 170 Å². The Morgan fingerprint density at radius 1 is 1.00 bits per heavy atom. The summed E-state index contributed by atoms with van der Waals surface area (Å²) in [5.74, 6) is 0.00732. The Balaban J connectivity index is 1.53. The van der Waals surface area contributed by atoms with Gasteiger partial charge in [-0.3, -0.25) is 4.79 Å². The zero-order chi connectivity index (χ0) is 20.1. The Morgan fingerprint density at radius 2 is 1.61 bits per heavy atom. The molecule has 1 amide bonds. The van der Waals surface area contributed by atoms with Gasteiger partial charge in [-0.05, 0) is 48.4 Å². The third-order valence-electron chi connectivity index (χ3n) is 4.75. The van der Waals surface area contributed by atoms with Crippen LogP contribution in [0.1, 0.15) is 17.5 Å². The van der Waals surface area contributed by atoms with Crippen molar-refractivity contribution in [3.8, 4) is 6.07 Å². The molecule has 0 radical (unpaired) electrons. The summed E-state index contributed by atoms with van der Waals surface area (Å²) in [6.45, 7) is 1.29. The highest BCUT2D eigenvalue weighted by Crippen LogP contribution is 2.20. The first-order valence-electron chi connectivity index (χ1n) is 8.93. The van der Waals surface area contributed by atoms with Gasteiger partial charge in [-0.2, -0.15) is 9.57 Å². The van der Waals surface area contributed by atoms with Crippen molar-refractivity contribution in [3.05, 3.63) is 64.7 Å². The summed E-state index contributed by atoms with van der Waals surface area (Å²) < 4.78 is 26.8. The Kier molecular flexibility index (Phi) is 6.35. The molecule has 1 fully saturated rings. The number of nitrogens with zero attached hydrogens (tertiary/aromatic N) is 3. The molecule has 0 saturated carbocycles. The van der Waals surface area contributed by atoms with Gasteiger partial charge in [0, 0.05) is 37.6 Å². The van der Waals surface area contributed by atoms with Gasteiger partial charge in [0.15, 0.2) is 0 Å². The molecule has 8 heteroatoms. The van der Waals surface area contributed by atoms with Gasteiger partial charge in [0.1, 0.15) is 0 Å². The first-order valence-corrected chi connectivity index (χ1v) is 10.7. The van der Waals surface area contributed by atoms with Crippen LogP contribution in [-0.4, -0.2) is 49.7 Å². The van der Waals surface area contributed by atoms with Crippen molar-refractivity contribution < 1.29 is 13.2 Å². The fourth-order valence-electron chi connectivity index (χ4n) is 3.09. The van der Waals surface area contributed by atoms with Gasteiger partial charge in [-0.15, -0.1) is 0 Å². The van der Waals surface area contributed by atoms with Crippen LogP contribution in [0.2, 0.25) is 5.02 Å². The standard InChI is InChI=1S/C20H20ClN3O3S/c21-18-6-8-19(9-7-18)28(26,27)24-13-11-23(12-14-24)20(25)10-5-16-1-3-17(15-22)4-2-16/h1-4,6-9H,5,10-14H2. The molecule has 146 valence electrons. The number of benzene rings is 2. The number of halogens is 1. The number of piperazine rings is 1. The molecule has 1 aliphatic rings. The van der Waals surface area contributed by atoms with Crippen molar-refractivity contribution in [2.75, 3.05) is 26.2 Å². The third-order valence-corrected chi connectivity index (χ3v) is 6.92. The molecule has 0 bridgehead atoms. The summed E-state index contributed by atoms with van der Waals surface area (Å²) in [7, 11) is -3.58. The van der Waals surface area contributed by atoms with E-state index in [4.69, 9.17) is 16.9 Å². The quantitative estimate of drug-likeness (QED) is 0.748. The van der Waals surface area contributed by atoms with Gasteiger partial charge in [-0.1, -0.05) is 23.7 Å². The van der Waals surface area contributed by atoms with E-state index < -0.39 is 10.0 Å². The lowest BCUT2D eigenvalue weighted by Crippen LogP contribution is -2.50. The molecule has 2 aromatic carbocycles. The van der Waals surface area contributed by atoms with Gasteiger partial charge in [0.2, 0.25) is 15.9 Å². The molecular formula is C20H20ClN3O3S. The number of aryl methyl sites for hydroxylation is 1. The molecule has 0 spiro atoms. The average Bonchev–Trinajstić information content (AvgIpc) is 2.73. The van der Waals surface area contributed by atoms with Crippen molar-refractivity contribution in [2.24, 2.45) is 0 Å². The van der Waals surface area contributed by atoms with E-state index in [1.165, 1.54) is 16.4 Å². The Hall–Kier alpha value is -2.40. The molecule has 2 aromatic rings. The van der Waals surface area contributed by atoms with Gasteiger partial charge in [0.05, 0.1) is 16.5 Å². The molecule has 1 aliphatic heterocycles. The van der Waals surface area contributed by atoms with E-state index in [-0.39, 0.29) is 23.9 Å². The predicted octanol–water partition coefficient (Wildman–Crippen LogP) is 2.68. The highest BCUT2D eigenvalue weighted by Gasteiger charge is 2.29. The number of amides is 1. The molecule has 0 aromatic heterocycles. The van der Waals surface area contributed by atoms with E-state index in [9.17, 15) is 13.2 Å². The molecular weight excluding hydrogens is 398 g/mol. The number of hydrogen-bond acceptors (Lipinski definition) is 4. The summed E-state index contributed by atoms with van der Waals surface area (Å²) in [6.07, 6.45) is 0.948. The Bertz CT molecular complexity index is 975. The van der Waals surface area contributed by atoms with Crippen LogP contribution >= 0.6 is 11.6 Å². The van der Waals surface area contributed by atoms with Crippen molar-refractivity contribution in [3.63, 3.8) is 0 Å². The van der Waals surface area contributed by atoms with Crippen LogP contribution in [0.4, 0.5) is 0 Å². The van der Waals surface area contributed by atoms with Crippen molar-refractivity contribution in [2.45, 2.75) is 17.7 Å². The number of hydrogen-bond donors (Lipinski definition) is 0. The summed E-state index contributed by atoms with van der Waals surface area (Å²) >= 11 is 5.82. The molecule has 28 heavy (non-hydrogen) atoms. The van der Waals surface area contributed by atoms with Crippen LogP contribution in [0.25, 0.3) is 0 Å². The zero-order valence-corrected chi connectivity index (χ0v) is 16.8. The highest BCUT2D eigenvalue weighted by molar-refractivity contribution is 7.89. The number of sulfonamides is 1. The normalized spacial score (nSPS) is 15.2. The summed E-state index contributed by atoms with van der Waals surface area (Å²) in [5.41, 5.74) is 1.59. The molecule has 0 atom stereocenters. The third kappa shape index (κ3) is 4.71. The van der Waals surface area contributed by atoms with Crippen LogP contribution in [0.3, 0.4) is 0 Å². The lowest BCUT2D eigenvalue weighted by atomic mass is 10.1. The van der Waals surface area contributed by atoms with Crippen LogP contribution < -0.4 is 0 Å². The zero-order valence-electron chi connectivity index (χ0n) is 15.2. The second-order valence-corrected chi connectivity index (χ2v) is 8.92. The van der Waals surface area contributed by atoms with E-state index >= 15 is 0 Å². The smallest absolute Gasteiger partial charge is 0.243 e. The van der Waals surface area contributed by atoms with E-state index in [2.05, 4.69) is 6.07 Å². The molecule has 0 aliphatic carbocycles. The molecule has 1 heterocycles. The summed E-state index contributed by atoms with van der Waals surface area (Å²) in [4.78, 5) is 14.4. The molecule has 0 N–H and O–H groups in total. The molecule has 0 unspecified atom stereocenters. The molecule has 1 saturated heterocycles. The van der Waals surface area contributed by atoms with Crippen LogP contribution in [0.15, 0.2) is 53.4 Å². The predicted molar refractivity (Wildman–Crippen MR) is 106 cm³/mol. The monoisotopic (exact) mass is 417 g/mol. The lowest BCUT2D eigenvalue weighted by molar-refractivity contribution is -0.132.